The molecule has 0 spiro atoms. The van der Waals surface area contributed by atoms with E-state index >= 15 is 0 Å². The molecule has 1 aromatic heterocycles. The van der Waals surface area contributed by atoms with E-state index in [-0.39, 0.29) is 30.5 Å². The maximum absolute atomic E-state index is 13.7. The minimum atomic E-state index is -4.59. The van der Waals surface area contributed by atoms with Gasteiger partial charge < -0.3 is 21.7 Å². The molecule has 5 N–H and O–H groups in total. The lowest BCUT2D eigenvalue weighted by molar-refractivity contribution is -0.150. The Bertz CT molecular complexity index is 1290. The summed E-state index contributed by atoms with van der Waals surface area (Å²) in [5, 5.41) is 2.56. The lowest BCUT2D eigenvalue weighted by Crippen LogP contribution is -2.45. The van der Waals surface area contributed by atoms with Crippen molar-refractivity contribution in [3.8, 4) is 0 Å². The molecule has 41 heavy (non-hydrogen) atoms. The first-order valence-corrected chi connectivity index (χ1v) is 13.7. The van der Waals surface area contributed by atoms with Crippen LogP contribution < -0.4 is 21.7 Å². The number of amidine groups is 1. The zero-order valence-corrected chi connectivity index (χ0v) is 23.1. The van der Waals surface area contributed by atoms with Crippen LogP contribution in [0.3, 0.4) is 0 Å². The van der Waals surface area contributed by atoms with Gasteiger partial charge in [-0.2, -0.15) is 13.2 Å². The third kappa shape index (κ3) is 9.28. The lowest BCUT2D eigenvalue weighted by atomic mass is 10.0. The zero-order valence-electron chi connectivity index (χ0n) is 22.3. The quantitative estimate of drug-likeness (QED) is 0.173. The summed E-state index contributed by atoms with van der Waals surface area (Å²) in [5.74, 6) is -2.74. The monoisotopic (exact) mass is 598 g/mol. The van der Waals surface area contributed by atoms with Gasteiger partial charge in [-0.1, -0.05) is 0 Å². The van der Waals surface area contributed by atoms with Gasteiger partial charge in [-0.15, -0.1) is 0 Å². The number of nitrogens with one attached hydrogen (secondary N) is 1. The van der Waals surface area contributed by atoms with Crippen molar-refractivity contribution in [3.63, 3.8) is 0 Å². The smallest absolute Gasteiger partial charge is 0.397 e. The van der Waals surface area contributed by atoms with Crippen molar-refractivity contribution in [1.82, 2.24) is 14.9 Å². The van der Waals surface area contributed by atoms with Gasteiger partial charge in [-0.25, -0.2) is 23.7 Å². The van der Waals surface area contributed by atoms with Crippen molar-refractivity contribution in [1.29, 1.82) is 0 Å². The highest BCUT2D eigenvalue weighted by molar-refractivity contribution is 7.99. The average Bonchev–Trinajstić information content (AvgIpc) is 3.23. The van der Waals surface area contributed by atoms with Crippen molar-refractivity contribution < 1.29 is 26.7 Å². The summed E-state index contributed by atoms with van der Waals surface area (Å²) in [5.41, 5.74) is 12.4. The van der Waals surface area contributed by atoms with Crippen molar-refractivity contribution in [2.24, 2.45) is 16.5 Å². The first-order valence-electron chi connectivity index (χ1n) is 12.9. The van der Waals surface area contributed by atoms with Crippen LogP contribution in [0.15, 0.2) is 57.1 Å². The number of alkyl halides is 5. The second-order valence-electron chi connectivity index (χ2n) is 10.1. The SMILES string of the molecule is C/C(N)=C/C(N)=N/c1cc(N2CCC(N3CCC(F)(F)C3)CC2)nc(Sc2ccc(NC(=O)CC(F)(F)F)cc2)n1. The highest BCUT2D eigenvalue weighted by Gasteiger charge is 2.41. The number of nitrogens with two attached hydrogens (primary N) is 2. The molecule has 15 heteroatoms. The fourth-order valence-electron chi connectivity index (χ4n) is 4.70. The van der Waals surface area contributed by atoms with E-state index < -0.39 is 24.4 Å². The van der Waals surface area contributed by atoms with E-state index in [1.54, 1.807) is 25.1 Å². The van der Waals surface area contributed by atoms with Crippen molar-refractivity contribution in [3.05, 3.63) is 42.1 Å². The molecule has 0 aliphatic carbocycles. The standard InChI is InChI=1S/C26H31F5N8OS/c1-16(32)12-20(33)35-21-13-22(38-9-6-18(7-10-38)39-11-8-25(27,28)15-39)37-24(36-21)41-19-4-2-17(3-5-19)34-23(40)14-26(29,30)31/h2-5,12-13,18H,6-11,14-15,32H2,1H3,(H,34,40)(H2,33,35,36,37)/b16-12-. The number of benzene rings is 1. The number of nitrogens with zero attached hydrogens (tertiary/aromatic N) is 5. The predicted molar refractivity (Wildman–Crippen MR) is 147 cm³/mol. The van der Waals surface area contributed by atoms with E-state index in [1.807, 2.05) is 4.90 Å². The predicted octanol–water partition coefficient (Wildman–Crippen LogP) is 4.68. The zero-order chi connectivity index (χ0) is 29.8. The molecule has 2 aromatic rings. The Labute approximate surface area is 238 Å². The molecule has 0 radical (unpaired) electrons. The lowest BCUT2D eigenvalue weighted by Gasteiger charge is -2.37. The fraction of sp³-hybridized carbons (Fsp3) is 0.462. The number of halogens is 5. The molecule has 0 atom stereocenters. The number of rotatable bonds is 8. The molecule has 1 aromatic carbocycles. The largest absolute Gasteiger partial charge is 0.402 e. The van der Waals surface area contributed by atoms with Gasteiger partial charge in [-0.05, 0) is 61.9 Å². The molecular weight excluding hydrogens is 567 g/mol. The molecule has 2 aliphatic rings. The minimum Gasteiger partial charge on any atom is -0.402 e. The van der Waals surface area contributed by atoms with Gasteiger partial charge in [0.1, 0.15) is 18.1 Å². The Hall–Kier alpha value is -3.46. The van der Waals surface area contributed by atoms with E-state index in [4.69, 9.17) is 11.5 Å². The summed E-state index contributed by atoms with van der Waals surface area (Å²) >= 11 is 1.20. The molecule has 0 bridgehead atoms. The first kappa shape index (κ1) is 30.5. The molecule has 222 valence electrons. The maximum atomic E-state index is 13.7. The summed E-state index contributed by atoms with van der Waals surface area (Å²) in [6.07, 6.45) is -3.36. The normalized spacial score (nSPS) is 19.0. The van der Waals surface area contributed by atoms with Crippen molar-refractivity contribution in [2.45, 2.75) is 60.8 Å². The minimum absolute atomic E-state index is 0.0799. The Morgan fingerprint density at radius 2 is 1.85 bits per heavy atom. The highest BCUT2D eigenvalue weighted by Crippen LogP contribution is 2.34. The third-order valence-corrected chi connectivity index (χ3v) is 7.38. The number of likely N-dealkylation sites (tertiary alicyclic amines) is 1. The number of allylic oxidation sites excluding steroid dienone is 1. The van der Waals surface area contributed by atoms with E-state index in [0.29, 0.717) is 59.9 Å². The van der Waals surface area contributed by atoms with Gasteiger partial charge in [0, 0.05) is 54.4 Å². The topological polar surface area (TPSA) is 126 Å². The Kier molecular flexibility index (Phi) is 9.37. The van der Waals surface area contributed by atoms with Gasteiger partial charge in [0.25, 0.3) is 5.92 Å². The second kappa shape index (κ2) is 12.6. The van der Waals surface area contributed by atoms with Gasteiger partial charge in [0.2, 0.25) is 5.91 Å². The number of anilines is 2. The maximum Gasteiger partial charge on any atom is 0.397 e. The van der Waals surface area contributed by atoms with Crippen LogP contribution in [-0.4, -0.2) is 70.9 Å². The van der Waals surface area contributed by atoms with Crippen LogP contribution in [0.5, 0.6) is 0 Å². The first-order chi connectivity index (χ1) is 19.2. The van der Waals surface area contributed by atoms with E-state index in [2.05, 4.69) is 25.2 Å². The molecule has 2 fully saturated rings. The molecule has 1 amide bonds. The van der Waals surface area contributed by atoms with Crippen molar-refractivity contribution in [2.75, 3.05) is 36.4 Å². The molecule has 0 saturated carbocycles. The number of aliphatic imine (C=N–C) groups is 1. The average molecular weight is 599 g/mol. The van der Waals surface area contributed by atoms with Gasteiger partial charge in [0.15, 0.2) is 11.0 Å². The summed E-state index contributed by atoms with van der Waals surface area (Å²) < 4.78 is 64.7. The van der Waals surface area contributed by atoms with Crippen LogP contribution in [0.1, 0.15) is 32.6 Å². The van der Waals surface area contributed by atoms with Gasteiger partial charge in [-0.3, -0.25) is 9.69 Å². The van der Waals surface area contributed by atoms with Gasteiger partial charge >= 0.3 is 6.18 Å². The van der Waals surface area contributed by atoms with E-state index in [9.17, 15) is 26.7 Å². The summed E-state index contributed by atoms with van der Waals surface area (Å²) in [6.45, 7) is 3.08. The van der Waals surface area contributed by atoms with Gasteiger partial charge in [0.05, 0.1) is 6.54 Å². The Morgan fingerprint density at radius 1 is 1.17 bits per heavy atom. The van der Waals surface area contributed by atoms with Crippen molar-refractivity contribution >= 4 is 40.8 Å². The van der Waals surface area contributed by atoms with Crippen LogP contribution in [0.4, 0.5) is 39.3 Å². The molecule has 2 aliphatic heterocycles. The van der Waals surface area contributed by atoms with Crippen LogP contribution in [-0.2, 0) is 4.79 Å². The van der Waals surface area contributed by atoms with Crippen LogP contribution in [0, 0.1) is 0 Å². The number of piperidine rings is 1. The van der Waals surface area contributed by atoms with Crippen LogP contribution in [0.25, 0.3) is 0 Å². The number of amides is 1. The van der Waals surface area contributed by atoms with Crippen LogP contribution in [0.2, 0.25) is 0 Å². The summed E-state index contributed by atoms with van der Waals surface area (Å²) in [6, 6.07) is 7.99. The second-order valence-corrected chi connectivity index (χ2v) is 11.1. The summed E-state index contributed by atoms with van der Waals surface area (Å²) in [4.78, 5) is 29.7. The molecule has 2 saturated heterocycles. The number of hydrogen-bond acceptors (Lipinski definition) is 8. The number of aromatic nitrogens is 2. The molecule has 0 unspecified atom stereocenters. The third-order valence-electron chi connectivity index (χ3n) is 6.51. The van der Waals surface area contributed by atoms with Crippen LogP contribution >= 0.6 is 11.8 Å². The van der Waals surface area contributed by atoms with E-state index in [0.717, 1.165) is 0 Å². The number of carbonyl (C=O) groups excluding carboxylic acids is 1. The Morgan fingerprint density at radius 3 is 2.44 bits per heavy atom. The number of carbonyl (C=O) groups is 1. The fourth-order valence-corrected chi connectivity index (χ4v) is 5.46. The molecule has 3 heterocycles. The Balaban J connectivity index is 1.49. The molecule has 9 nitrogen and oxygen atoms in total. The molecule has 4 rings (SSSR count). The highest BCUT2D eigenvalue weighted by atomic mass is 32.2. The molecular formula is C26H31F5N8OS. The van der Waals surface area contributed by atoms with E-state index in [1.165, 1.54) is 30.0 Å². The summed E-state index contributed by atoms with van der Waals surface area (Å²) in [7, 11) is 0. The number of hydrogen-bond donors (Lipinski definition) is 3.